The van der Waals surface area contributed by atoms with Crippen LogP contribution in [0.25, 0.3) is 0 Å². The highest BCUT2D eigenvalue weighted by Crippen LogP contribution is 2.24. The van der Waals surface area contributed by atoms with Crippen LogP contribution in [0.5, 0.6) is 0 Å². The fraction of sp³-hybridized carbons (Fsp3) is 0.667. The number of nitrogens with zero attached hydrogens (tertiary/aromatic N) is 2. The van der Waals surface area contributed by atoms with Gasteiger partial charge in [0.25, 0.3) is 5.56 Å². The van der Waals surface area contributed by atoms with E-state index in [4.69, 9.17) is 11.6 Å². The minimum atomic E-state index is -4.51. The first-order valence-corrected chi connectivity index (χ1v) is 8.04. The molecule has 1 aliphatic rings. The van der Waals surface area contributed by atoms with Crippen LogP contribution in [0.1, 0.15) is 12.8 Å². The van der Waals surface area contributed by atoms with E-state index in [0.717, 1.165) is 24.3 Å². The summed E-state index contributed by atoms with van der Waals surface area (Å²) in [5, 5.41) is 6.29. The predicted molar refractivity (Wildman–Crippen MR) is 78.1 cm³/mol. The van der Waals surface area contributed by atoms with Gasteiger partial charge in [0.2, 0.25) is 0 Å². The molecule has 2 heterocycles. The van der Waals surface area contributed by atoms with Gasteiger partial charge in [-0.25, -0.2) is 4.68 Å². The maximum absolute atomic E-state index is 12.3. The number of hydrogen-bond donors (Lipinski definition) is 1. The summed E-state index contributed by atoms with van der Waals surface area (Å²) in [4.78, 5) is 11.7. The number of nitrogens with one attached hydrogen (secondary N) is 1. The van der Waals surface area contributed by atoms with Gasteiger partial charge in [0.1, 0.15) is 11.6 Å². The summed E-state index contributed by atoms with van der Waals surface area (Å²) in [6.45, 7) is -0.795. The van der Waals surface area contributed by atoms with Crippen molar-refractivity contribution in [2.75, 3.05) is 23.4 Å². The third-order valence-corrected chi connectivity index (χ3v) is 4.65. The van der Waals surface area contributed by atoms with Crippen molar-refractivity contribution >= 4 is 29.1 Å². The first-order chi connectivity index (χ1) is 9.87. The quantitative estimate of drug-likeness (QED) is 0.914. The molecule has 1 aliphatic heterocycles. The molecule has 1 saturated heterocycles. The number of hydrogen-bond acceptors (Lipinski definition) is 4. The minimum absolute atomic E-state index is 0.251. The molecule has 118 valence electrons. The van der Waals surface area contributed by atoms with E-state index in [-0.39, 0.29) is 5.02 Å². The van der Waals surface area contributed by atoms with Crippen molar-refractivity contribution < 1.29 is 13.2 Å². The Labute approximate surface area is 129 Å². The Bertz CT molecular complexity index is 544. The van der Waals surface area contributed by atoms with Crippen molar-refractivity contribution in [3.63, 3.8) is 0 Å². The first-order valence-electron chi connectivity index (χ1n) is 6.51. The van der Waals surface area contributed by atoms with E-state index in [2.05, 4.69) is 10.4 Å². The van der Waals surface area contributed by atoms with E-state index in [9.17, 15) is 18.0 Å². The molecule has 21 heavy (non-hydrogen) atoms. The molecule has 0 spiro atoms. The highest BCUT2D eigenvalue weighted by atomic mass is 35.5. The van der Waals surface area contributed by atoms with Gasteiger partial charge in [-0.2, -0.15) is 30.0 Å². The molecule has 0 aliphatic carbocycles. The van der Waals surface area contributed by atoms with Gasteiger partial charge in [-0.1, -0.05) is 11.6 Å². The van der Waals surface area contributed by atoms with E-state index < -0.39 is 18.3 Å². The predicted octanol–water partition coefficient (Wildman–Crippen LogP) is 3.01. The largest absolute Gasteiger partial charge is 0.408 e. The number of rotatable bonds is 4. The normalized spacial score (nSPS) is 17.0. The zero-order chi connectivity index (χ0) is 15.5. The van der Waals surface area contributed by atoms with Gasteiger partial charge in [-0.3, -0.25) is 4.79 Å². The summed E-state index contributed by atoms with van der Waals surface area (Å²) >= 11 is 7.74. The molecule has 0 aromatic carbocycles. The first kappa shape index (κ1) is 16.5. The molecule has 0 atom stereocenters. The van der Waals surface area contributed by atoms with Gasteiger partial charge in [-0.15, -0.1) is 0 Å². The highest BCUT2D eigenvalue weighted by Gasteiger charge is 2.29. The zero-order valence-electron chi connectivity index (χ0n) is 11.1. The summed E-state index contributed by atoms with van der Waals surface area (Å²) in [5.74, 6) is 2.69. The Balaban J connectivity index is 2.04. The fourth-order valence-corrected chi connectivity index (χ4v) is 3.49. The molecule has 0 saturated carbocycles. The van der Waals surface area contributed by atoms with Crippen LogP contribution in [-0.4, -0.2) is 34.0 Å². The number of aromatic nitrogens is 2. The lowest BCUT2D eigenvalue weighted by atomic mass is 10.0. The minimum Gasteiger partial charge on any atom is -0.382 e. The molecule has 1 aromatic rings. The van der Waals surface area contributed by atoms with Crippen LogP contribution >= 0.6 is 23.4 Å². The summed E-state index contributed by atoms with van der Waals surface area (Å²) in [6.07, 6.45) is -1.18. The van der Waals surface area contributed by atoms with Crippen LogP contribution in [0, 0.1) is 5.92 Å². The summed E-state index contributed by atoms with van der Waals surface area (Å²) in [7, 11) is 0. The Morgan fingerprint density at radius 2 is 2.10 bits per heavy atom. The SMILES string of the molecule is O=c1c(Cl)c(NCC2CCSCC2)cnn1CC(F)(F)F. The molecule has 0 bridgehead atoms. The number of thioether (sulfide) groups is 1. The third kappa shape index (κ3) is 4.81. The molecule has 4 nitrogen and oxygen atoms in total. The van der Waals surface area contributed by atoms with E-state index in [1.54, 1.807) is 0 Å². The summed E-state index contributed by atoms with van der Waals surface area (Å²) < 4.78 is 37.2. The lowest BCUT2D eigenvalue weighted by Gasteiger charge is -2.22. The van der Waals surface area contributed by atoms with Gasteiger partial charge in [0, 0.05) is 6.54 Å². The van der Waals surface area contributed by atoms with Crippen LogP contribution in [0.4, 0.5) is 18.9 Å². The number of anilines is 1. The standard InChI is InChI=1S/C12H15ClF3N3OS/c13-10-9(17-5-8-1-3-21-4-2-8)6-18-19(11(10)20)7-12(14,15)16/h6,8,17H,1-5,7H2. The molecule has 0 unspecified atom stereocenters. The summed E-state index contributed by atoms with van der Waals surface area (Å²) in [5.41, 5.74) is -0.642. The number of alkyl halides is 3. The Morgan fingerprint density at radius 1 is 1.43 bits per heavy atom. The molecule has 0 radical (unpaired) electrons. The van der Waals surface area contributed by atoms with Crippen LogP contribution in [0.15, 0.2) is 11.0 Å². The van der Waals surface area contributed by atoms with Gasteiger partial charge in [-0.05, 0) is 30.3 Å². The monoisotopic (exact) mass is 341 g/mol. The van der Waals surface area contributed by atoms with Crippen molar-refractivity contribution in [3.05, 3.63) is 21.6 Å². The molecule has 9 heteroatoms. The van der Waals surface area contributed by atoms with Gasteiger partial charge >= 0.3 is 6.18 Å². The topological polar surface area (TPSA) is 46.9 Å². The smallest absolute Gasteiger partial charge is 0.382 e. The second-order valence-electron chi connectivity index (χ2n) is 4.89. The fourth-order valence-electron chi connectivity index (χ4n) is 2.08. The van der Waals surface area contributed by atoms with Crippen LogP contribution in [-0.2, 0) is 6.54 Å². The van der Waals surface area contributed by atoms with Gasteiger partial charge in [0.15, 0.2) is 0 Å². The number of halogens is 4. The summed E-state index contributed by atoms with van der Waals surface area (Å²) in [6, 6.07) is 0. The Morgan fingerprint density at radius 3 is 2.71 bits per heavy atom. The van der Waals surface area contributed by atoms with Crippen molar-refractivity contribution in [2.45, 2.75) is 25.6 Å². The molecule has 1 fully saturated rings. The van der Waals surface area contributed by atoms with Crippen molar-refractivity contribution in [1.29, 1.82) is 0 Å². The molecule has 2 rings (SSSR count). The van der Waals surface area contributed by atoms with Crippen molar-refractivity contribution in [3.8, 4) is 0 Å². The lowest BCUT2D eigenvalue weighted by Crippen LogP contribution is -2.31. The zero-order valence-corrected chi connectivity index (χ0v) is 12.7. The lowest BCUT2D eigenvalue weighted by molar-refractivity contribution is -0.143. The highest BCUT2D eigenvalue weighted by molar-refractivity contribution is 7.99. The second-order valence-corrected chi connectivity index (χ2v) is 6.49. The van der Waals surface area contributed by atoms with E-state index in [1.807, 2.05) is 11.8 Å². The van der Waals surface area contributed by atoms with Crippen LogP contribution in [0.2, 0.25) is 5.02 Å². The second kappa shape index (κ2) is 6.91. The Kier molecular flexibility index (Phi) is 5.43. The molecule has 1 N–H and O–H groups in total. The molecular weight excluding hydrogens is 327 g/mol. The van der Waals surface area contributed by atoms with E-state index in [1.165, 1.54) is 6.20 Å². The molecule has 1 aromatic heterocycles. The van der Waals surface area contributed by atoms with Gasteiger partial charge in [0.05, 0.1) is 11.9 Å². The van der Waals surface area contributed by atoms with Crippen molar-refractivity contribution in [2.24, 2.45) is 5.92 Å². The third-order valence-electron chi connectivity index (χ3n) is 3.24. The van der Waals surface area contributed by atoms with Crippen molar-refractivity contribution in [1.82, 2.24) is 9.78 Å². The van der Waals surface area contributed by atoms with Gasteiger partial charge < -0.3 is 5.32 Å². The average molecular weight is 342 g/mol. The maximum Gasteiger partial charge on any atom is 0.408 e. The maximum atomic E-state index is 12.3. The van der Waals surface area contributed by atoms with Crippen LogP contribution in [0.3, 0.4) is 0 Å². The van der Waals surface area contributed by atoms with Crippen LogP contribution < -0.4 is 10.9 Å². The molecular formula is C12H15ClF3N3OS. The van der Waals surface area contributed by atoms with E-state index in [0.29, 0.717) is 22.8 Å². The van der Waals surface area contributed by atoms with E-state index >= 15 is 0 Å². The Hall–Kier alpha value is -0.890. The molecule has 0 amide bonds. The average Bonchev–Trinajstić information content (AvgIpc) is 2.43.